The van der Waals surface area contributed by atoms with Crippen molar-refractivity contribution in [2.45, 2.75) is 57.4 Å². The molecule has 1 saturated carbocycles. The molecular weight excluding hydrogens is 408 g/mol. The van der Waals surface area contributed by atoms with E-state index in [4.69, 9.17) is 4.74 Å². The van der Waals surface area contributed by atoms with Crippen molar-refractivity contribution in [2.75, 3.05) is 19.7 Å². The van der Waals surface area contributed by atoms with Crippen molar-refractivity contribution >= 4 is 27.7 Å². The number of hydrogen-bond acceptors (Lipinski definition) is 3. The molecule has 1 saturated heterocycles. The SMILES string of the molecule is O=C(NC1CCN(C(=O)CCOc2cccc(Br)c2)CC1)C1CCCCC1. The van der Waals surface area contributed by atoms with Crippen molar-refractivity contribution in [1.82, 2.24) is 10.2 Å². The van der Waals surface area contributed by atoms with Crippen LogP contribution in [0.1, 0.15) is 51.4 Å². The summed E-state index contributed by atoms with van der Waals surface area (Å²) in [7, 11) is 0. The maximum Gasteiger partial charge on any atom is 0.225 e. The number of rotatable bonds is 6. The van der Waals surface area contributed by atoms with Crippen LogP contribution >= 0.6 is 15.9 Å². The zero-order valence-electron chi connectivity index (χ0n) is 15.8. The summed E-state index contributed by atoms with van der Waals surface area (Å²) in [5.41, 5.74) is 0. The third-order valence-electron chi connectivity index (χ3n) is 5.55. The molecule has 0 radical (unpaired) electrons. The van der Waals surface area contributed by atoms with E-state index in [9.17, 15) is 9.59 Å². The lowest BCUT2D eigenvalue weighted by molar-refractivity contribution is -0.133. The first kappa shape index (κ1) is 20.2. The van der Waals surface area contributed by atoms with Gasteiger partial charge in [0.15, 0.2) is 0 Å². The van der Waals surface area contributed by atoms with E-state index in [-0.39, 0.29) is 23.8 Å². The second-order valence-corrected chi connectivity index (χ2v) is 8.47. The van der Waals surface area contributed by atoms with Gasteiger partial charge in [-0.3, -0.25) is 9.59 Å². The van der Waals surface area contributed by atoms with Gasteiger partial charge in [-0.05, 0) is 43.9 Å². The van der Waals surface area contributed by atoms with Gasteiger partial charge in [0.2, 0.25) is 11.8 Å². The number of likely N-dealkylation sites (tertiary alicyclic amines) is 1. The number of nitrogens with one attached hydrogen (secondary N) is 1. The first-order chi connectivity index (χ1) is 13.1. The monoisotopic (exact) mass is 436 g/mol. The number of hydrogen-bond donors (Lipinski definition) is 1. The highest BCUT2D eigenvalue weighted by Crippen LogP contribution is 2.24. The summed E-state index contributed by atoms with van der Waals surface area (Å²) in [5, 5.41) is 3.21. The highest BCUT2D eigenvalue weighted by Gasteiger charge is 2.27. The predicted molar refractivity (Wildman–Crippen MR) is 109 cm³/mol. The van der Waals surface area contributed by atoms with Gasteiger partial charge in [0.25, 0.3) is 0 Å². The number of amides is 2. The summed E-state index contributed by atoms with van der Waals surface area (Å²) in [6, 6.07) is 7.84. The molecule has 0 unspecified atom stereocenters. The summed E-state index contributed by atoms with van der Waals surface area (Å²) in [5.74, 6) is 1.32. The van der Waals surface area contributed by atoms with Crippen LogP contribution in [0.3, 0.4) is 0 Å². The fraction of sp³-hybridized carbons (Fsp3) is 0.619. The number of ether oxygens (including phenoxy) is 1. The first-order valence-corrected chi connectivity index (χ1v) is 10.9. The van der Waals surface area contributed by atoms with Gasteiger partial charge in [0.05, 0.1) is 13.0 Å². The Kier molecular flexibility index (Phi) is 7.56. The zero-order valence-corrected chi connectivity index (χ0v) is 17.4. The van der Waals surface area contributed by atoms with Gasteiger partial charge in [-0.25, -0.2) is 0 Å². The Bertz CT molecular complexity index is 638. The fourth-order valence-corrected chi connectivity index (χ4v) is 4.31. The van der Waals surface area contributed by atoms with Crippen molar-refractivity contribution in [3.05, 3.63) is 28.7 Å². The molecule has 0 bridgehead atoms. The lowest BCUT2D eigenvalue weighted by Gasteiger charge is -2.33. The minimum Gasteiger partial charge on any atom is -0.493 e. The van der Waals surface area contributed by atoms with E-state index >= 15 is 0 Å². The number of piperidine rings is 1. The smallest absolute Gasteiger partial charge is 0.225 e. The second-order valence-electron chi connectivity index (χ2n) is 7.55. The highest BCUT2D eigenvalue weighted by molar-refractivity contribution is 9.10. The lowest BCUT2D eigenvalue weighted by atomic mass is 9.88. The normalized spacial score (nSPS) is 18.9. The Morgan fingerprint density at radius 2 is 1.85 bits per heavy atom. The lowest BCUT2D eigenvalue weighted by Crippen LogP contribution is -2.48. The Morgan fingerprint density at radius 1 is 1.11 bits per heavy atom. The zero-order chi connectivity index (χ0) is 19.1. The molecule has 1 aliphatic heterocycles. The number of carbonyl (C=O) groups is 2. The van der Waals surface area contributed by atoms with Crippen LogP contribution in [0.5, 0.6) is 5.75 Å². The average Bonchev–Trinajstić information content (AvgIpc) is 2.69. The number of carbonyl (C=O) groups excluding carboxylic acids is 2. The fourth-order valence-electron chi connectivity index (χ4n) is 3.93. The number of nitrogens with zero attached hydrogens (tertiary/aromatic N) is 1. The molecule has 2 amide bonds. The van der Waals surface area contributed by atoms with Crippen molar-refractivity contribution in [3.63, 3.8) is 0 Å². The van der Waals surface area contributed by atoms with Crippen molar-refractivity contribution in [1.29, 1.82) is 0 Å². The van der Waals surface area contributed by atoms with Crippen LogP contribution in [-0.2, 0) is 9.59 Å². The van der Waals surface area contributed by atoms with Gasteiger partial charge in [-0.2, -0.15) is 0 Å². The third-order valence-corrected chi connectivity index (χ3v) is 6.04. The van der Waals surface area contributed by atoms with Gasteiger partial charge in [0, 0.05) is 29.5 Å². The van der Waals surface area contributed by atoms with Gasteiger partial charge >= 0.3 is 0 Å². The minimum atomic E-state index is 0.127. The van der Waals surface area contributed by atoms with Crippen LogP contribution < -0.4 is 10.1 Å². The van der Waals surface area contributed by atoms with Gasteiger partial charge in [0.1, 0.15) is 5.75 Å². The number of benzene rings is 1. The van der Waals surface area contributed by atoms with Crippen molar-refractivity contribution in [3.8, 4) is 5.75 Å². The second kappa shape index (κ2) is 10.1. The van der Waals surface area contributed by atoms with Gasteiger partial charge < -0.3 is 15.0 Å². The van der Waals surface area contributed by atoms with E-state index in [2.05, 4.69) is 21.2 Å². The van der Waals surface area contributed by atoms with E-state index in [0.717, 1.165) is 35.9 Å². The van der Waals surface area contributed by atoms with Crippen LogP contribution in [0, 0.1) is 5.92 Å². The topological polar surface area (TPSA) is 58.6 Å². The summed E-state index contributed by atoms with van der Waals surface area (Å²) in [6.07, 6.45) is 7.73. The molecule has 6 heteroatoms. The molecular formula is C21H29BrN2O3. The molecule has 27 heavy (non-hydrogen) atoms. The third kappa shape index (κ3) is 6.23. The molecule has 3 rings (SSSR count). The highest BCUT2D eigenvalue weighted by atomic mass is 79.9. The summed E-state index contributed by atoms with van der Waals surface area (Å²) in [6.45, 7) is 1.81. The van der Waals surface area contributed by atoms with Crippen LogP contribution in [0.25, 0.3) is 0 Å². The Balaban J connectivity index is 1.34. The van der Waals surface area contributed by atoms with E-state index in [1.54, 1.807) is 0 Å². The molecule has 5 nitrogen and oxygen atoms in total. The predicted octanol–water partition coefficient (Wildman–Crippen LogP) is 3.91. The largest absolute Gasteiger partial charge is 0.493 e. The average molecular weight is 437 g/mol. The molecule has 2 aliphatic rings. The van der Waals surface area contributed by atoms with Gasteiger partial charge in [-0.15, -0.1) is 0 Å². The van der Waals surface area contributed by atoms with Crippen molar-refractivity contribution in [2.24, 2.45) is 5.92 Å². The van der Waals surface area contributed by atoms with E-state index in [1.807, 2.05) is 29.2 Å². The molecule has 1 aromatic rings. The molecule has 0 aromatic heterocycles. The van der Waals surface area contributed by atoms with Crippen LogP contribution in [0.15, 0.2) is 28.7 Å². The van der Waals surface area contributed by atoms with Crippen LogP contribution in [0.2, 0.25) is 0 Å². The van der Waals surface area contributed by atoms with E-state index in [1.165, 1.54) is 19.3 Å². The summed E-state index contributed by atoms with van der Waals surface area (Å²) < 4.78 is 6.62. The van der Waals surface area contributed by atoms with E-state index in [0.29, 0.717) is 26.1 Å². The molecule has 0 atom stereocenters. The Morgan fingerprint density at radius 3 is 2.56 bits per heavy atom. The standard InChI is InChI=1S/C21H29BrN2O3/c22-17-7-4-8-19(15-17)27-14-11-20(25)24-12-9-18(10-13-24)23-21(26)16-5-2-1-3-6-16/h4,7-8,15-16,18H,1-3,5-6,9-14H2,(H,23,26). The molecule has 0 spiro atoms. The van der Waals surface area contributed by atoms with Crippen molar-refractivity contribution < 1.29 is 14.3 Å². The maximum atomic E-state index is 12.4. The molecule has 1 heterocycles. The van der Waals surface area contributed by atoms with Crippen LogP contribution in [-0.4, -0.2) is 42.5 Å². The summed E-state index contributed by atoms with van der Waals surface area (Å²) >= 11 is 3.41. The van der Waals surface area contributed by atoms with Gasteiger partial charge in [-0.1, -0.05) is 41.3 Å². The molecule has 2 fully saturated rings. The molecule has 148 valence electrons. The maximum absolute atomic E-state index is 12.4. The Hall–Kier alpha value is -1.56. The molecule has 1 aliphatic carbocycles. The first-order valence-electron chi connectivity index (χ1n) is 10.1. The number of halogens is 1. The molecule has 1 aromatic carbocycles. The summed E-state index contributed by atoms with van der Waals surface area (Å²) in [4.78, 5) is 26.6. The Labute approximate surface area is 170 Å². The van der Waals surface area contributed by atoms with E-state index < -0.39 is 0 Å². The minimum absolute atomic E-state index is 0.127. The quantitative estimate of drug-likeness (QED) is 0.735. The molecule has 1 N–H and O–H groups in total. The van der Waals surface area contributed by atoms with Crippen LogP contribution in [0.4, 0.5) is 0 Å².